The van der Waals surface area contributed by atoms with Crippen LogP contribution in [0.2, 0.25) is 0 Å². The monoisotopic (exact) mass is 578 g/mol. The van der Waals surface area contributed by atoms with Crippen molar-refractivity contribution >= 4 is 62.3 Å². The van der Waals surface area contributed by atoms with E-state index in [9.17, 15) is 39.4 Å². The number of alkyl halides is 1. The average Bonchev–Trinajstić information content (AvgIpc) is 3.33. The summed E-state index contributed by atoms with van der Waals surface area (Å²) in [7, 11) is 0. The first kappa shape index (κ1) is 31.0. The summed E-state index contributed by atoms with van der Waals surface area (Å²) < 4.78 is 0. The van der Waals surface area contributed by atoms with Crippen molar-refractivity contribution in [3.63, 3.8) is 0 Å². The zero-order valence-electron chi connectivity index (χ0n) is 18.4. The van der Waals surface area contributed by atoms with Crippen LogP contribution in [0.3, 0.4) is 0 Å². The van der Waals surface area contributed by atoms with Crippen LogP contribution in [0.5, 0.6) is 0 Å². The van der Waals surface area contributed by atoms with Crippen molar-refractivity contribution in [3.05, 3.63) is 67.8 Å². The van der Waals surface area contributed by atoms with E-state index < -0.39 is 9.85 Å². The van der Waals surface area contributed by atoms with Crippen LogP contribution in [0.25, 0.3) is 0 Å². The van der Waals surface area contributed by atoms with Gasteiger partial charge in [0.05, 0.1) is 21.2 Å². The molecule has 2 aliphatic heterocycles. The number of imide groups is 2. The van der Waals surface area contributed by atoms with Gasteiger partial charge in [0.15, 0.2) is 0 Å². The fourth-order valence-corrected chi connectivity index (χ4v) is 4.15. The van der Waals surface area contributed by atoms with Crippen molar-refractivity contribution in [2.45, 2.75) is 52.8 Å². The molecule has 2 saturated heterocycles. The van der Waals surface area contributed by atoms with Gasteiger partial charge in [0.25, 0.3) is 11.4 Å². The minimum Gasteiger partial charge on any atom is -0.274 e. The third-order valence-corrected chi connectivity index (χ3v) is 6.00. The molecular weight excluding hydrogens is 552 g/mol. The molecule has 0 unspecified atom stereocenters. The lowest BCUT2D eigenvalue weighted by Crippen LogP contribution is -2.29. The average molecular weight is 579 g/mol. The van der Waals surface area contributed by atoms with Crippen molar-refractivity contribution in [2.75, 3.05) is 9.80 Å². The first-order chi connectivity index (χ1) is 16.5. The van der Waals surface area contributed by atoms with E-state index in [1.807, 2.05) is 0 Å². The Labute approximate surface area is 221 Å². The fourth-order valence-electron chi connectivity index (χ4n) is 3.71. The van der Waals surface area contributed by atoms with Crippen LogP contribution >= 0.6 is 15.9 Å². The molecule has 0 aliphatic carbocycles. The largest absolute Gasteiger partial charge is 0.274 e. The minimum absolute atomic E-state index is 0. The number of rotatable bonds is 5. The van der Waals surface area contributed by atoms with E-state index >= 15 is 0 Å². The quantitative estimate of drug-likeness (QED) is 0.208. The maximum atomic E-state index is 11.6. The maximum absolute atomic E-state index is 11.6. The number of hydrogen-bond donors (Lipinski definition) is 0. The van der Waals surface area contributed by atoms with Crippen molar-refractivity contribution in [1.29, 1.82) is 0 Å². The summed E-state index contributed by atoms with van der Waals surface area (Å²) >= 11 is 3.21. The lowest BCUT2D eigenvalue weighted by molar-refractivity contribution is -0.385. The Bertz CT molecular complexity index is 1230. The number of halogens is 1. The number of anilines is 2. The molecule has 198 valence electrons. The Morgan fingerprint density at radius 3 is 1.49 bits per heavy atom. The van der Waals surface area contributed by atoms with Gasteiger partial charge in [-0.1, -0.05) is 30.8 Å². The molecule has 0 radical (unpaired) electrons. The summed E-state index contributed by atoms with van der Waals surface area (Å²) in [6, 6.07) is 8.18. The minimum atomic E-state index is -0.510. The summed E-state index contributed by atoms with van der Waals surface area (Å²) in [6.07, 6.45) is 0.791. The fraction of sp³-hybridized carbons (Fsp3) is 0.333. The highest BCUT2D eigenvalue weighted by Crippen LogP contribution is 2.31. The molecule has 2 aromatic rings. The standard InChI is InChI=1S/C11H9BrN2O4.C11H10N2O4.2CH4/c12-6-7-5-8(14(17)18)1-2-9(7)13-10(15)3-4-11(13)16;1-7-6-8(13(16)17)2-3-9(7)12-10(14)4-5-11(12)15;;/h1-2,5H,3-4,6H2;2-3,6H,4-5H2,1H3;2*1H4. The van der Waals surface area contributed by atoms with Crippen LogP contribution in [0, 0.1) is 27.2 Å². The molecule has 2 aromatic carbocycles. The van der Waals surface area contributed by atoms with Crippen molar-refractivity contribution in [2.24, 2.45) is 0 Å². The number of aryl methyl sites for hydroxylation is 1. The number of benzene rings is 2. The molecule has 0 bridgehead atoms. The van der Waals surface area contributed by atoms with E-state index in [-0.39, 0.29) is 75.5 Å². The van der Waals surface area contributed by atoms with Crippen LogP contribution in [0.15, 0.2) is 36.4 Å². The highest BCUT2D eigenvalue weighted by atomic mass is 79.9. The third-order valence-electron chi connectivity index (χ3n) is 5.39. The predicted molar refractivity (Wildman–Crippen MR) is 140 cm³/mol. The van der Waals surface area contributed by atoms with Gasteiger partial charge in [0.2, 0.25) is 23.6 Å². The molecule has 0 saturated carbocycles. The molecule has 0 atom stereocenters. The number of nitrogens with zero attached hydrogens (tertiary/aromatic N) is 4. The molecule has 0 N–H and O–H groups in total. The van der Waals surface area contributed by atoms with Crippen LogP contribution in [-0.2, 0) is 24.5 Å². The zero-order valence-corrected chi connectivity index (χ0v) is 20.0. The summed E-state index contributed by atoms with van der Waals surface area (Å²) in [6.45, 7) is 1.64. The molecule has 2 aliphatic rings. The van der Waals surface area contributed by atoms with Crippen molar-refractivity contribution in [1.82, 2.24) is 0 Å². The molecule has 0 spiro atoms. The number of carbonyl (C=O) groups excluding carboxylic acids is 4. The van der Waals surface area contributed by atoms with Crippen molar-refractivity contribution in [3.8, 4) is 0 Å². The summed E-state index contributed by atoms with van der Waals surface area (Å²) in [5, 5.41) is 21.6. The number of amides is 4. The highest BCUT2D eigenvalue weighted by Gasteiger charge is 2.33. The SMILES string of the molecule is C.C.Cc1cc([N+](=O)[O-])ccc1N1C(=O)CCC1=O.O=C1CCC(=O)N1c1ccc([N+](=O)[O-])cc1CBr. The maximum Gasteiger partial charge on any atom is 0.269 e. The second-order valence-corrected chi connectivity index (χ2v) is 8.24. The Morgan fingerprint density at radius 2 is 1.11 bits per heavy atom. The second-order valence-electron chi connectivity index (χ2n) is 7.68. The zero-order chi connectivity index (χ0) is 25.9. The van der Waals surface area contributed by atoms with Crippen LogP contribution < -0.4 is 9.80 Å². The molecule has 4 amide bonds. The topological polar surface area (TPSA) is 161 Å². The number of nitro groups is 2. The molecular formula is C24H27BrN4O8. The molecule has 13 heteroatoms. The van der Waals surface area contributed by atoms with Crippen LogP contribution in [0.4, 0.5) is 22.7 Å². The summed E-state index contributed by atoms with van der Waals surface area (Å²) in [5.74, 6) is -1.05. The van der Waals surface area contributed by atoms with Gasteiger partial charge >= 0.3 is 0 Å². The normalized spacial score (nSPS) is 14.5. The number of nitro benzene ring substituents is 2. The van der Waals surface area contributed by atoms with Gasteiger partial charge in [-0.2, -0.15) is 0 Å². The molecule has 4 rings (SSSR count). The van der Waals surface area contributed by atoms with Gasteiger partial charge < -0.3 is 0 Å². The first-order valence-corrected chi connectivity index (χ1v) is 11.5. The first-order valence-electron chi connectivity index (χ1n) is 10.3. The highest BCUT2D eigenvalue weighted by molar-refractivity contribution is 9.08. The number of carbonyl (C=O) groups is 4. The lowest BCUT2D eigenvalue weighted by Gasteiger charge is -2.16. The van der Waals surface area contributed by atoms with E-state index in [1.165, 1.54) is 36.4 Å². The number of hydrogen-bond acceptors (Lipinski definition) is 8. The Morgan fingerprint density at radius 1 is 0.730 bits per heavy atom. The van der Waals surface area contributed by atoms with Crippen LogP contribution in [-0.4, -0.2) is 33.5 Å². The molecule has 37 heavy (non-hydrogen) atoms. The van der Waals surface area contributed by atoms with Crippen LogP contribution in [0.1, 0.15) is 51.7 Å². The smallest absolute Gasteiger partial charge is 0.269 e. The van der Waals surface area contributed by atoms with Gasteiger partial charge in [0, 0.05) is 55.3 Å². The third kappa shape index (κ3) is 6.61. The molecule has 12 nitrogen and oxygen atoms in total. The Kier molecular flexibility index (Phi) is 10.7. The van der Waals surface area contributed by atoms with Gasteiger partial charge in [-0.05, 0) is 30.2 Å². The Hall–Kier alpha value is -4.00. The van der Waals surface area contributed by atoms with Gasteiger partial charge in [-0.15, -0.1) is 0 Å². The predicted octanol–water partition coefficient (Wildman–Crippen LogP) is 4.97. The summed E-state index contributed by atoms with van der Waals surface area (Å²) in [5.41, 5.74) is 1.83. The van der Waals surface area contributed by atoms with E-state index in [0.29, 0.717) is 27.8 Å². The number of non-ortho nitro benzene ring substituents is 2. The Balaban J connectivity index is 0.000000351. The van der Waals surface area contributed by atoms with Gasteiger partial charge in [-0.25, -0.2) is 0 Å². The van der Waals surface area contributed by atoms with E-state index in [4.69, 9.17) is 0 Å². The lowest BCUT2D eigenvalue weighted by atomic mass is 10.1. The van der Waals surface area contributed by atoms with Gasteiger partial charge in [0.1, 0.15) is 0 Å². The van der Waals surface area contributed by atoms with Crippen molar-refractivity contribution < 1.29 is 29.0 Å². The molecule has 2 heterocycles. The summed E-state index contributed by atoms with van der Waals surface area (Å²) in [4.78, 5) is 68.7. The molecule has 2 fully saturated rings. The van der Waals surface area contributed by atoms with E-state index in [1.54, 1.807) is 6.92 Å². The second kappa shape index (κ2) is 12.8. The molecule has 0 aromatic heterocycles. The van der Waals surface area contributed by atoms with E-state index in [2.05, 4.69) is 15.9 Å². The van der Waals surface area contributed by atoms with Gasteiger partial charge in [-0.3, -0.25) is 49.2 Å². The van der Waals surface area contributed by atoms with E-state index in [0.717, 1.165) is 9.80 Å².